The molecular formula is C19H23N7O2S. The first-order valence-corrected chi connectivity index (χ1v) is 10.8. The molecule has 1 aliphatic heterocycles. The number of fused-ring (bicyclic) bond motifs is 1. The van der Waals surface area contributed by atoms with Crippen molar-refractivity contribution in [2.75, 3.05) is 50.4 Å². The Hall–Kier alpha value is -2.56. The average molecular weight is 414 g/mol. The Morgan fingerprint density at radius 2 is 2.10 bits per heavy atom. The zero-order chi connectivity index (χ0) is 19.8. The van der Waals surface area contributed by atoms with Crippen LogP contribution in [0.15, 0.2) is 22.4 Å². The highest BCUT2D eigenvalue weighted by Crippen LogP contribution is 2.37. The monoisotopic (exact) mass is 413 g/mol. The van der Waals surface area contributed by atoms with Crippen LogP contribution in [0.4, 0.5) is 11.5 Å². The molecule has 3 aromatic heterocycles. The van der Waals surface area contributed by atoms with Crippen LogP contribution in [-0.4, -0.2) is 63.8 Å². The number of nitrogen functional groups attached to an aromatic ring is 1. The minimum atomic E-state index is -0.146. The molecule has 152 valence electrons. The van der Waals surface area contributed by atoms with E-state index in [1.54, 1.807) is 16.8 Å². The first-order valence-electron chi connectivity index (χ1n) is 9.87. The molecule has 5 rings (SSSR count). The molecule has 2 fully saturated rings. The quantitative estimate of drug-likeness (QED) is 0.627. The van der Waals surface area contributed by atoms with Crippen molar-refractivity contribution < 1.29 is 4.74 Å². The summed E-state index contributed by atoms with van der Waals surface area (Å²) in [4.78, 5) is 29.0. The maximum absolute atomic E-state index is 13.2. The van der Waals surface area contributed by atoms with E-state index in [2.05, 4.69) is 20.2 Å². The van der Waals surface area contributed by atoms with Gasteiger partial charge < -0.3 is 15.8 Å². The smallest absolute Gasteiger partial charge is 0.281 e. The Morgan fingerprint density at radius 3 is 2.83 bits per heavy atom. The van der Waals surface area contributed by atoms with E-state index >= 15 is 0 Å². The molecule has 0 unspecified atom stereocenters. The van der Waals surface area contributed by atoms with Crippen LogP contribution < -0.4 is 16.6 Å². The highest BCUT2D eigenvalue weighted by Gasteiger charge is 2.30. The largest absolute Gasteiger partial charge is 0.397 e. The number of aromatic nitrogens is 4. The third kappa shape index (κ3) is 3.70. The molecule has 1 aliphatic carbocycles. The van der Waals surface area contributed by atoms with E-state index in [9.17, 15) is 4.79 Å². The number of hydrogen-bond acceptors (Lipinski definition) is 9. The fourth-order valence-corrected chi connectivity index (χ4v) is 4.22. The normalized spacial score (nSPS) is 17.7. The van der Waals surface area contributed by atoms with Crippen LogP contribution in [0.25, 0.3) is 21.9 Å². The summed E-state index contributed by atoms with van der Waals surface area (Å²) in [7, 11) is 0. The number of nitrogens with one attached hydrogen (secondary N) is 1. The summed E-state index contributed by atoms with van der Waals surface area (Å²) in [6, 6.07) is 1.95. The van der Waals surface area contributed by atoms with Crippen LogP contribution in [-0.2, 0) is 4.74 Å². The average Bonchev–Trinajstić information content (AvgIpc) is 3.41. The minimum absolute atomic E-state index is 0.146. The van der Waals surface area contributed by atoms with E-state index in [1.807, 2.05) is 5.38 Å². The van der Waals surface area contributed by atoms with Gasteiger partial charge in [-0.25, -0.2) is 15.0 Å². The summed E-state index contributed by atoms with van der Waals surface area (Å²) in [5.74, 6) is 0.667. The van der Waals surface area contributed by atoms with E-state index in [1.165, 1.54) is 11.3 Å². The number of nitrogens with zero attached hydrogens (tertiary/aromatic N) is 5. The van der Waals surface area contributed by atoms with Gasteiger partial charge in [-0.05, 0) is 12.8 Å². The van der Waals surface area contributed by atoms with Gasteiger partial charge in [0.2, 0.25) is 0 Å². The van der Waals surface area contributed by atoms with Crippen LogP contribution in [0.2, 0.25) is 0 Å². The Balaban J connectivity index is 1.48. The summed E-state index contributed by atoms with van der Waals surface area (Å²) >= 11 is 1.40. The number of pyridine rings is 1. The number of rotatable bonds is 6. The second-order valence-corrected chi connectivity index (χ2v) is 8.25. The minimum Gasteiger partial charge on any atom is -0.397 e. The van der Waals surface area contributed by atoms with E-state index in [4.69, 9.17) is 15.5 Å². The molecule has 1 saturated carbocycles. The third-order valence-corrected chi connectivity index (χ3v) is 6.04. The van der Waals surface area contributed by atoms with Gasteiger partial charge in [-0.3, -0.25) is 14.3 Å². The number of hydrogen-bond donors (Lipinski definition) is 2. The molecule has 4 heterocycles. The molecular weight excluding hydrogens is 390 g/mol. The van der Waals surface area contributed by atoms with Crippen molar-refractivity contribution in [3.8, 4) is 10.7 Å². The highest BCUT2D eigenvalue weighted by atomic mass is 32.1. The van der Waals surface area contributed by atoms with Crippen molar-refractivity contribution in [3.05, 3.63) is 28.0 Å². The van der Waals surface area contributed by atoms with Gasteiger partial charge in [0, 0.05) is 49.9 Å². The third-order valence-electron chi connectivity index (χ3n) is 5.26. The molecule has 1 saturated heterocycles. The molecule has 29 heavy (non-hydrogen) atoms. The zero-order valence-electron chi connectivity index (χ0n) is 16.0. The van der Waals surface area contributed by atoms with Crippen molar-refractivity contribution in [1.29, 1.82) is 0 Å². The predicted molar refractivity (Wildman–Crippen MR) is 113 cm³/mol. The topological polar surface area (TPSA) is 111 Å². The molecule has 10 heteroatoms. The molecule has 3 aromatic rings. The highest BCUT2D eigenvalue weighted by molar-refractivity contribution is 7.13. The Bertz CT molecular complexity index is 1070. The Kier molecular flexibility index (Phi) is 4.90. The summed E-state index contributed by atoms with van der Waals surface area (Å²) in [5, 5.41) is 5.79. The van der Waals surface area contributed by atoms with Crippen molar-refractivity contribution in [3.63, 3.8) is 0 Å². The maximum atomic E-state index is 13.2. The lowest BCUT2D eigenvalue weighted by Gasteiger charge is -2.26. The summed E-state index contributed by atoms with van der Waals surface area (Å²) in [6.45, 7) is 5.10. The van der Waals surface area contributed by atoms with Crippen LogP contribution in [0.3, 0.4) is 0 Å². The van der Waals surface area contributed by atoms with Crippen LogP contribution >= 0.6 is 11.3 Å². The van der Waals surface area contributed by atoms with Gasteiger partial charge in [-0.2, -0.15) is 0 Å². The first-order chi connectivity index (χ1) is 14.2. The fraction of sp³-hybridized carbons (Fsp3) is 0.474. The van der Waals surface area contributed by atoms with Gasteiger partial charge in [-0.15, -0.1) is 11.3 Å². The zero-order valence-corrected chi connectivity index (χ0v) is 16.8. The van der Waals surface area contributed by atoms with Gasteiger partial charge in [-0.1, -0.05) is 0 Å². The predicted octanol–water partition coefficient (Wildman–Crippen LogP) is 1.58. The molecule has 0 atom stereocenters. The molecule has 0 radical (unpaired) electrons. The summed E-state index contributed by atoms with van der Waals surface area (Å²) < 4.78 is 7.14. The van der Waals surface area contributed by atoms with E-state index in [0.717, 1.165) is 52.2 Å². The van der Waals surface area contributed by atoms with Crippen LogP contribution in [0, 0.1) is 0 Å². The number of anilines is 2. The fourth-order valence-electron chi connectivity index (χ4n) is 3.61. The van der Waals surface area contributed by atoms with Crippen molar-refractivity contribution in [2.45, 2.75) is 18.9 Å². The molecule has 9 nitrogen and oxygen atoms in total. The molecule has 3 N–H and O–H groups in total. The molecule has 0 amide bonds. The van der Waals surface area contributed by atoms with E-state index < -0.39 is 0 Å². The number of morpholine rings is 1. The van der Waals surface area contributed by atoms with Crippen LogP contribution in [0.1, 0.15) is 18.9 Å². The van der Waals surface area contributed by atoms with Crippen molar-refractivity contribution in [1.82, 2.24) is 24.4 Å². The Labute approximate surface area is 171 Å². The molecule has 0 spiro atoms. The summed E-state index contributed by atoms with van der Waals surface area (Å²) in [5.41, 5.74) is 8.15. The lowest BCUT2D eigenvalue weighted by molar-refractivity contribution is 0.0398. The molecule has 0 bridgehead atoms. The summed E-state index contributed by atoms with van der Waals surface area (Å²) in [6.07, 6.45) is 3.61. The van der Waals surface area contributed by atoms with Gasteiger partial charge in [0.1, 0.15) is 16.3 Å². The maximum Gasteiger partial charge on any atom is 0.281 e. The second kappa shape index (κ2) is 7.69. The van der Waals surface area contributed by atoms with Gasteiger partial charge in [0.05, 0.1) is 18.9 Å². The van der Waals surface area contributed by atoms with Gasteiger partial charge in [0.25, 0.3) is 5.56 Å². The lowest BCUT2D eigenvalue weighted by atomic mass is 10.3. The van der Waals surface area contributed by atoms with Crippen LogP contribution in [0.5, 0.6) is 0 Å². The SMILES string of the molecule is Nc1cc(NCCN2CCOCC2)nc2c1nc(-c1nccs1)c(=O)n2C1CC1. The van der Waals surface area contributed by atoms with Gasteiger partial charge in [0.15, 0.2) is 11.3 Å². The second-order valence-electron chi connectivity index (χ2n) is 7.35. The standard InChI is InChI=1S/C19H23N7O2S/c20-13-11-14(21-3-5-25-6-8-28-9-7-25)23-17-15(13)24-16(18-22-4-10-29-18)19(27)26(17)12-1-2-12/h4,10-12H,1-3,5-9H2,(H3,20,21,23). The number of thiazole rings is 1. The van der Waals surface area contributed by atoms with Crippen molar-refractivity contribution in [2.24, 2.45) is 0 Å². The van der Waals surface area contributed by atoms with Gasteiger partial charge >= 0.3 is 0 Å². The van der Waals surface area contributed by atoms with E-state index in [0.29, 0.717) is 33.4 Å². The number of ether oxygens (including phenoxy) is 1. The Morgan fingerprint density at radius 1 is 1.28 bits per heavy atom. The molecule has 0 aromatic carbocycles. The number of nitrogens with two attached hydrogens (primary N) is 1. The first kappa shape index (κ1) is 18.5. The van der Waals surface area contributed by atoms with E-state index in [-0.39, 0.29) is 11.6 Å². The van der Waals surface area contributed by atoms with Crippen molar-refractivity contribution >= 4 is 34.0 Å². The molecule has 2 aliphatic rings. The lowest BCUT2D eigenvalue weighted by Crippen LogP contribution is -2.39.